The lowest BCUT2D eigenvalue weighted by atomic mass is 9.90. The number of anilines is 3. The number of nitrogens with one attached hydrogen (secondary N) is 3. The third kappa shape index (κ3) is 5.67. The highest BCUT2D eigenvalue weighted by atomic mass is 16.5. The number of rotatable bonds is 6. The Hall–Kier alpha value is -4.92. The molecule has 1 aliphatic carbocycles. The van der Waals surface area contributed by atoms with E-state index in [0.29, 0.717) is 39.7 Å². The van der Waals surface area contributed by atoms with Gasteiger partial charge in [-0.25, -0.2) is 9.79 Å². The Kier molecular flexibility index (Phi) is 7.34. The minimum absolute atomic E-state index is 0.0449. The number of benzene rings is 3. The van der Waals surface area contributed by atoms with Crippen molar-refractivity contribution in [2.75, 3.05) is 36.7 Å². The number of hydrogen-bond acceptors (Lipinski definition) is 6. The first-order valence-corrected chi connectivity index (χ1v) is 11.5. The Balaban J connectivity index is 1.80. The minimum atomic E-state index is -0.570. The van der Waals surface area contributed by atoms with E-state index in [0.717, 1.165) is 5.69 Å². The van der Waals surface area contributed by atoms with E-state index in [1.807, 2.05) is 37.2 Å². The number of amides is 3. The number of ketones is 1. The van der Waals surface area contributed by atoms with Gasteiger partial charge < -0.3 is 25.6 Å². The molecule has 3 aromatic rings. The molecule has 9 heteroatoms. The molecule has 0 saturated heterocycles. The first-order valence-electron chi connectivity index (χ1n) is 11.5. The number of nitrogens with zero attached hydrogens (tertiary/aromatic N) is 2. The summed E-state index contributed by atoms with van der Waals surface area (Å²) in [6.07, 6.45) is 1.50. The molecule has 0 saturated carbocycles. The zero-order chi connectivity index (χ0) is 26.5. The lowest BCUT2D eigenvalue weighted by molar-refractivity contribution is -0.114. The molecule has 9 nitrogen and oxygen atoms in total. The van der Waals surface area contributed by atoms with Gasteiger partial charge in [-0.2, -0.15) is 0 Å². The molecule has 3 N–H and O–H groups in total. The maximum absolute atomic E-state index is 13.4. The van der Waals surface area contributed by atoms with Crippen molar-refractivity contribution in [3.05, 3.63) is 89.6 Å². The van der Waals surface area contributed by atoms with Gasteiger partial charge in [0.05, 0.1) is 24.2 Å². The van der Waals surface area contributed by atoms with E-state index in [9.17, 15) is 14.4 Å². The van der Waals surface area contributed by atoms with Crippen molar-refractivity contribution in [2.45, 2.75) is 6.92 Å². The molecule has 3 aromatic carbocycles. The summed E-state index contributed by atoms with van der Waals surface area (Å²) < 4.78 is 5.57. The molecule has 1 aliphatic rings. The molecule has 0 radical (unpaired) electrons. The van der Waals surface area contributed by atoms with E-state index in [-0.39, 0.29) is 11.6 Å². The second kappa shape index (κ2) is 10.8. The first-order chi connectivity index (χ1) is 17.8. The van der Waals surface area contributed by atoms with E-state index in [1.54, 1.807) is 55.6 Å². The molecule has 0 heterocycles. The van der Waals surface area contributed by atoms with Crippen LogP contribution < -0.4 is 25.6 Å². The molecule has 4 rings (SSSR count). The van der Waals surface area contributed by atoms with Crippen LogP contribution in [0.15, 0.2) is 83.5 Å². The SMILES string of the molecule is COc1cc(N(C)C)ccc1N=C1C=C(NC(=O)Nc2ccccc2)C(=O)c2cccc(NC(C)=O)c21. The maximum Gasteiger partial charge on any atom is 0.323 e. The van der Waals surface area contributed by atoms with Gasteiger partial charge in [0.15, 0.2) is 0 Å². The Bertz CT molecular complexity index is 1430. The normalized spacial score (nSPS) is 13.4. The van der Waals surface area contributed by atoms with E-state index in [1.165, 1.54) is 13.0 Å². The highest BCUT2D eigenvalue weighted by Gasteiger charge is 2.28. The molecule has 0 fully saturated rings. The Labute approximate surface area is 214 Å². The van der Waals surface area contributed by atoms with Gasteiger partial charge in [0, 0.05) is 49.6 Å². The average Bonchev–Trinajstić information content (AvgIpc) is 2.87. The lowest BCUT2D eigenvalue weighted by Gasteiger charge is -2.22. The number of carbonyl (C=O) groups excluding carboxylic acids is 3. The lowest BCUT2D eigenvalue weighted by Crippen LogP contribution is -2.34. The van der Waals surface area contributed by atoms with Crippen molar-refractivity contribution in [3.8, 4) is 5.75 Å². The highest BCUT2D eigenvalue weighted by Crippen LogP contribution is 2.35. The monoisotopic (exact) mass is 497 g/mol. The molecule has 188 valence electrons. The van der Waals surface area contributed by atoms with Gasteiger partial charge in [-0.05, 0) is 36.4 Å². The van der Waals surface area contributed by atoms with Gasteiger partial charge in [0.2, 0.25) is 11.7 Å². The second-order valence-corrected chi connectivity index (χ2v) is 8.49. The smallest absolute Gasteiger partial charge is 0.323 e. The summed E-state index contributed by atoms with van der Waals surface area (Å²) >= 11 is 0. The largest absolute Gasteiger partial charge is 0.494 e. The minimum Gasteiger partial charge on any atom is -0.494 e. The number of hydrogen-bond donors (Lipinski definition) is 3. The number of Topliss-reactive ketones (excluding diaryl/α,β-unsaturated/α-hetero) is 1. The molecule has 0 bridgehead atoms. The van der Waals surface area contributed by atoms with Crippen molar-refractivity contribution in [1.29, 1.82) is 0 Å². The maximum atomic E-state index is 13.4. The van der Waals surface area contributed by atoms with E-state index in [2.05, 4.69) is 16.0 Å². The van der Waals surface area contributed by atoms with Crippen LogP contribution in [0.25, 0.3) is 0 Å². The fraction of sp³-hybridized carbons (Fsp3) is 0.143. The number of fused-ring (bicyclic) bond motifs is 1. The van der Waals surface area contributed by atoms with Crippen LogP contribution >= 0.6 is 0 Å². The number of ether oxygens (including phenoxy) is 1. The van der Waals surface area contributed by atoms with E-state index in [4.69, 9.17) is 9.73 Å². The summed E-state index contributed by atoms with van der Waals surface area (Å²) in [5.74, 6) is -0.165. The van der Waals surface area contributed by atoms with Crippen LogP contribution in [-0.4, -0.2) is 44.6 Å². The van der Waals surface area contributed by atoms with Gasteiger partial charge in [0.1, 0.15) is 11.4 Å². The molecule has 0 unspecified atom stereocenters. The predicted molar refractivity (Wildman–Crippen MR) is 145 cm³/mol. The zero-order valence-electron chi connectivity index (χ0n) is 21.0. The second-order valence-electron chi connectivity index (χ2n) is 8.49. The Morgan fingerprint density at radius 3 is 2.35 bits per heavy atom. The number of carbonyl (C=O) groups is 3. The third-order valence-electron chi connectivity index (χ3n) is 5.60. The van der Waals surface area contributed by atoms with Crippen LogP contribution in [0.3, 0.4) is 0 Å². The molecule has 0 aliphatic heterocycles. The molecular formula is C28H27N5O4. The number of allylic oxidation sites excluding steroid dienone is 2. The summed E-state index contributed by atoms with van der Waals surface area (Å²) in [4.78, 5) is 44.7. The summed E-state index contributed by atoms with van der Waals surface area (Å²) in [5, 5.41) is 8.12. The van der Waals surface area contributed by atoms with Crippen molar-refractivity contribution >= 4 is 46.2 Å². The quantitative estimate of drug-likeness (QED) is 0.455. The molecule has 0 spiro atoms. The van der Waals surface area contributed by atoms with Gasteiger partial charge in [-0.3, -0.25) is 9.59 Å². The standard InChI is InChI=1S/C28H27N5O4/c1-17(34)29-22-12-8-11-20-26(22)23(31-21-14-13-19(33(2)3)15-25(21)37-4)16-24(27(20)35)32-28(36)30-18-9-6-5-7-10-18/h5-16H,1-4H3,(H,29,34)(H2,30,32,36). The Morgan fingerprint density at radius 2 is 1.68 bits per heavy atom. The van der Waals surface area contributed by atoms with Gasteiger partial charge in [-0.15, -0.1) is 0 Å². The van der Waals surface area contributed by atoms with Crippen molar-refractivity contribution in [1.82, 2.24) is 5.32 Å². The highest BCUT2D eigenvalue weighted by molar-refractivity contribution is 6.29. The van der Waals surface area contributed by atoms with E-state index >= 15 is 0 Å². The van der Waals surface area contributed by atoms with Gasteiger partial charge in [0.25, 0.3) is 0 Å². The zero-order valence-corrected chi connectivity index (χ0v) is 21.0. The molecule has 0 atom stereocenters. The van der Waals surface area contributed by atoms with Crippen LogP contribution in [0.4, 0.5) is 27.5 Å². The fourth-order valence-electron chi connectivity index (χ4n) is 3.88. The van der Waals surface area contributed by atoms with Gasteiger partial charge >= 0.3 is 6.03 Å². The van der Waals surface area contributed by atoms with Crippen molar-refractivity contribution in [2.24, 2.45) is 4.99 Å². The van der Waals surface area contributed by atoms with Crippen LogP contribution in [0.5, 0.6) is 5.75 Å². The van der Waals surface area contributed by atoms with Crippen LogP contribution in [0.2, 0.25) is 0 Å². The van der Waals surface area contributed by atoms with Gasteiger partial charge in [-0.1, -0.05) is 30.3 Å². The fourth-order valence-corrected chi connectivity index (χ4v) is 3.88. The number of urea groups is 1. The van der Waals surface area contributed by atoms with Crippen LogP contribution in [0, 0.1) is 0 Å². The predicted octanol–water partition coefficient (Wildman–Crippen LogP) is 4.74. The number of aliphatic imine (C=N–C) groups is 1. The topological polar surface area (TPSA) is 112 Å². The summed E-state index contributed by atoms with van der Waals surface area (Å²) in [6.45, 7) is 1.39. The van der Waals surface area contributed by atoms with Crippen molar-refractivity contribution in [3.63, 3.8) is 0 Å². The third-order valence-corrected chi connectivity index (χ3v) is 5.60. The number of methoxy groups -OCH3 is 1. The average molecular weight is 498 g/mol. The molecule has 37 heavy (non-hydrogen) atoms. The summed E-state index contributed by atoms with van der Waals surface area (Å²) in [5.41, 5.74) is 3.64. The van der Waals surface area contributed by atoms with E-state index < -0.39 is 11.8 Å². The Morgan fingerprint density at radius 1 is 0.919 bits per heavy atom. The van der Waals surface area contributed by atoms with Crippen molar-refractivity contribution < 1.29 is 19.1 Å². The molecule has 0 aromatic heterocycles. The van der Waals surface area contributed by atoms with Crippen LogP contribution in [0.1, 0.15) is 22.8 Å². The van der Waals surface area contributed by atoms with Crippen LogP contribution in [-0.2, 0) is 4.79 Å². The molecular weight excluding hydrogens is 470 g/mol. The summed E-state index contributed by atoms with van der Waals surface area (Å²) in [7, 11) is 5.39. The number of para-hydroxylation sites is 1. The first kappa shape index (κ1) is 25.2. The summed E-state index contributed by atoms with van der Waals surface area (Å²) in [6, 6.07) is 18.9. The molecule has 3 amide bonds.